The van der Waals surface area contributed by atoms with Gasteiger partial charge in [0.25, 0.3) is 0 Å². The standard InChI is InChI=1S/C16H29N3O3/c1-18-9-13(8-14(10-18)20-2)16-17-21-12-15(22-16)11-19-6-4-3-5-7-19/h13-15H,3-12H2,1-2H3. The van der Waals surface area contributed by atoms with Crippen molar-refractivity contribution < 1.29 is 14.3 Å². The van der Waals surface area contributed by atoms with Crippen LogP contribution in [-0.2, 0) is 14.3 Å². The van der Waals surface area contributed by atoms with Gasteiger partial charge in [0.05, 0.1) is 12.0 Å². The molecule has 3 aliphatic heterocycles. The molecule has 0 aromatic carbocycles. The van der Waals surface area contributed by atoms with Crippen molar-refractivity contribution in [3.63, 3.8) is 0 Å². The molecule has 6 nitrogen and oxygen atoms in total. The molecule has 0 aromatic rings. The number of oxime groups is 1. The minimum atomic E-state index is 0.110. The van der Waals surface area contributed by atoms with Crippen molar-refractivity contribution in [3.8, 4) is 0 Å². The quantitative estimate of drug-likeness (QED) is 0.780. The smallest absolute Gasteiger partial charge is 0.230 e. The molecule has 0 aliphatic carbocycles. The second kappa shape index (κ2) is 7.62. The highest BCUT2D eigenvalue weighted by Gasteiger charge is 2.33. The fourth-order valence-corrected chi connectivity index (χ4v) is 3.72. The number of hydrogen-bond acceptors (Lipinski definition) is 6. The molecule has 22 heavy (non-hydrogen) atoms. The molecule has 0 N–H and O–H groups in total. The summed E-state index contributed by atoms with van der Waals surface area (Å²) < 4.78 is 11.7. The molecular weight excluding hydrogens is 282 g/mol. The highest BCUT2D eigenvalue weighted by molar-refractivity contribution is 5.79. The van der Waals surface area contributed by atoms with Gasteiger partial charge in [0.1, 0.15) is 6.10 Å². The lowest BCUT2D eigenvalue weighted by Crippen LogP contribution is -2.48. The van der Waals surface area contributed by atoms with E-state index in [0.29, 0.717) is 6.61 Å². The van der Waals surface area contributed by atoms with Crippen LogP contribution in [0, 0.1) is 5.92 Å². The normalized spacial score (nSPS) is 34.6. The Hall–Kier alpha value is -0.850. The topological polar surface area (TPSA) is 46.5 Å². The van der Waals surface area contributed by atoms with Gasteiger partial charge in [-0.25, -0.2) is 0 Å². The minimum Gasteiger partial charge on any atom is -0.470 e. The summed E-state index contributed by atoms with van der Waals surface area (Å²) in [4.78, 5) is 10.2. The lowest BCUT2D eigenvalue weighted by atomic mass is 9.96. The van der Waals surface area contributed by atoms with Crippen LogP contribution < -0.4 is 0 Å². The van der Waals surface area contributed by atoms with Crippen molar-refractivity contribution in [1.82, 2.24) is 9.80 Å². The predicted molar refractivity (Wildman–Crippen MR) is 85.0 cm³/mol. The van der Waals surface area contributed by atoms with Gasteiger partial charge < -0.3 is 19.2 Å². The summed E-state index contributed by atoms with van der Waals surface area (Å²) in [6.07, 6.45) is 5.28. The molecule has 3 heterocycles. The fraction of sp³-hybridized carbons (Fsp3) is 0.938. The zero-order valence-electron chi connectivity index (χ0n) is 13.9. The van der Waals surface area contributed by atoms with E-state index in [2.05, 4.69) is 22.0 Å². The number of nitrogens with zero attached hydrogens (tertiary/aromatic N) is 3. The van der Waals surface area contributed by atoms with Crippen LogP contribution in [0.3, 0.4) is 0 Å². The van der Waals surface area contributed by atoms with Crippen LogP contribution in [0.5, 0.6) is 0 Å². The number of piperidine rings is 2. The zero-order chi connectivity index (χ0) is 15.4. The van der Waals surface area contributed by atoms with Gasteiger partial charge in [-0.3, -0.25) is 4.90 Å². The second-order valence-corrected chi connectivity index (χ2v) is 6.84. The Kier molecular flexibility index (Phi) is 5.55. The molecule has 2 saturated heterocycles. The molecule has 3 aliphatic rings. The van der Waals surface area contributed by atoms with Crippen molar-refractivity contribution in [1.29, 1.82) is 0 Å². The second-order valence-electron chi connectivity index (χ2n) is 6.84. The molecule has 2 fully saturated rings. The molecule has 3 atom stereocenters. The average Bonchev–Trinajstić information content (AvgIpc) is 2.55. The minimum absolute atomic E-state index is 0.110. The molecule has 0 saturated carbocycles. The maximum Gasteiger partial charge on any atom is 0.230 e. The van der Waals surface area contributed by atoms with E-state index < -0.39 is 0 Å². The maximum absolute atomic E-state index is 6.17. The van der Waals surface area contributed by atoms with Gasteiger partial charge in [-0.2, -0.15) is 0 Å². The first-order chi connectivity index (χ1) is 10.7. The van der Waals surface area contributed by atoms with Crippen LogP contribution in [-0.4, -0.2) is 81.4 Å². The summed E-state index contributed by atoms with van der Waals surface area (Å²) in [6, 6.07) is 0. The third-order valence-electron chi connectivity index (χ3n) is 4.89. The highest BCUT2D eigenvalue weighted by Crippen LogP contribution is 2.23. The van der Waals surface area contributed by atoms with E-state index in [0.717, 1.165) is 32.0 Å². The summed E-state index contributed by atoms with van der Waals surface area (Å²) in [5.41, 5.74) is 0. The molecule has 0 bridgehead atoms. The lowest BCUT2D eigenvalue weighted by Gasteiger charge is -2.37. The lowest BCUT2D eigenvalue weighted by molar-refractivity contribution is -0.0264. The van der Waals surface area contributed by atoms with Crippen LogP contribution in [0.25, 0.3) is 0 Å². The van der Waals surface area contributed by atoms with Crippen LogP contribution >= 0.6 is 0 Å². The van der Waals surface area contributed by atoms with Crippen molar-refractivity contribution >= 4 is 5.90 Å². The van der Waals surface area contributed by atoms with E-state index in [1.165, 1.54) is 32.4 Å². The van der Waals surface area contributed by atoms with Crippen molar-refractivity contribution in [3.05, 3.63) is 0 Å². The van der Waals surface area contributed by atoms with E-state index in [9.17, 15) is 0 Å². The molecule has 3 rings (SSSR count). The van der Waals surface area contributed by atoms with Gasteiger partial charge in [-0.1, -0.05) is 11.6 Å². The van der Waals surface area contributed by atoms with Gasteiger partial charge in [0, 0.05) is 26.7 Å². The first-order valence-corrected chi connectivity index (χ1v) is 8.55. The summed E-state index contributed by atoms with van der Waals surface area (Å²) in [6.45, 7) is 5.82. The molecule has 6 heteroatoms. The summed E-state index contributed by atoms with van der Waals surface area (Å²) >= 11 is 0. The fourth-order valence-electron chi connectivity index (χ4n) is 3.72. The Balaban J connectivity index is 1.54. The third kappa shape index (κ3) is 4.12. The first kappa shape index (κ1) is 16.0. The van der Waals surface area contributed by atoms with Crippen LogP contribution in [0.15, 0.2) is 5.16 Å². The molecule has 3 unspecified atom stereocenters. The van der Waals surface area contributed by atoms with Crippen LogP contribution in [0.4, 0.5) is 0 Å². The van der Waals surface area contributed by atoms with E-state index in [1.807, 2.05) is 0 Å². The van der Waals surface area contributed by atoms with Gasteiger partial charge in [-0.15, -0.1) is 0 Å². The maximum atomic E-state index is 6.17. The number of rotatable bonds is 4. The van der Waals surface area contributed by atoms with Crippen molar-refractivity contribution in [2.45, 2.75) is 37.9 Å². The van der Waals surface area contributed by atoms with E-state index >= 15 is 0 Å². The molecule has 0 radical (unpaired) electrons. The van der Waals surface area contributed by atoms with Gasteiger partial charge in [0.15, 0.2) is 6.61 Å². The SMILES string of the molecule is COC1CC(C2=NOCC(CN3CCCCC3)O2)CN(C)C1. The Morgan fingerprint density at radius 2 is 2.05 bits per heavy atom. The summed E-state index contributed by atoms with van der Waals surface area (Å²) in [7, 11) is 3.90. The number of hydrogen-bond donors (Lipinski definition) is 0. The van der Waals surface area contributed by atoms with E-state index in [-0.39, 0.29) is 18.1 Å². The molecule has 0 spiro atoms. The van der Waals surface area contributed by atoms with Gasteiger partial charge >= 0.3 is 0 Å². The number of methoxy groups -OCH3 is 1. The van der Waals surface area contributed by atoms with E-state index in [1.54, 1.807) is 7.11 Å². The number of likely N-dealkylation sites (tertiary alicyclic amines) is 2. The Morgan fingerprint density at radius 3 is 2.82 bits per heavy atom. The molecule has 126 valence electrons. The first-order valence-electron chi connectivity index (χ1n) is 8.55. The Labute approximate surface area is 133 Å². The van der Waals surface area contributed by atoms with Crippen LogP contribution in [0.1, 0.15) is 25.7 Å². The van der Waals surface area contributed by atoms with Gasteiger partial charge in [0.2, 0.25) is 5.90 Å². The molecule has 0 amide bonds. The summed E-state index contributed by atoms with van der Waals surface area (Å²) in [5.74, 6) is 1.04. The van der Waals surface area contributed by atoms with Crippen molar-refractivity contribution in [2.24, 2.45) is 11.1 Å². The Bertz CT molecular complexity index is 385. The summed E-state index contributed by atoms with van der Waals surface area (Å²) in [5, 5.41) is 4.19. The Morgan fingerprint density at radius 1 is 1.23 bits per heavy atom. The molecular formula is C16H29N3O3. The highest BCUT2D eigenvalue weighted by atomic mass is 16.7. The molecule has 0 aromatic heterocycles. The van der Waals surface area contributed by atoms with Crippen LogP contribution in [0.2, 0.25) is 0 Å². The van der Waals surface area contributed by atoms with Gasteiger partial charge in [-0.05, 0) is 39.4 Å². The zero-order valence-corrected chi connectivity index (χ0v) is 13.9. The van der Waals surface area contributed by atoms with E-state index in [4.69, 9.17) is 14.3 Å². The van der Waals surface area contributed by atoms with Crippen molar-refractivity contribution in [2.75, 3.05) is 53.5 Å². The number of likely N-dealkylation sites (N-methyl/N-ethyl adjacent to an activating group) is 1. The monoisotopic (exact) mass is 311 g/mol. The predicted octanol–water partition coefficient (Wildman–Crippen LogP) is 1.17. The largest absolute Gasteiger partial charge is 0.470 e. The third-order valence-corrected chi connectivity index (χ3v) is 4.89. The number of ether oxygens (including phenoxy) is 2. The average molecular weight is 311 g/mol.